The van der Waals surface area contributed by atoms with Crippen LogP contribution in [0.4, 0.5) is 0 Å². The Morgan fingerprint density at radius 1 is 1.50 bits per heavy atom. The van der Waals surface area contributed by atoms with Gasteiger partial charge in [0.15, 0.2) is 0 Å². The quantitative estimate of drug-likeness (QED) is 0.750. The molecule has 0 aliphatic carbocycles. The Kier molecular flexibility index (Phi) is 5.15. The van der Waals surface area contributed by atoms with Crippen LogP contribution < -0.4 is 5.73 Å². The summed E-state index contributed by atoms with van der Waals surface area (Å²) < 4.78 is 5.43. The fourth-order valence-electron chi connectivity index (χ4n) is 2.10. The van der Waals surface area contributed by atoms with E-state index in [0.717, 1.165) is 25.9 Å². The highest BCUT2D eigenvalue weighted by atomic mass is 32.1. The number of likely N-dealkylation sites (tertiary alicyclic amines) is 1. The van der Waals surface area contributed by atoms with E-state index in [2.05, 4.69) is 18.7 Å². The summed E-state index contributed by atoms with van der Waals surface area (Å²) in [7, 11) is 1.77. The zero-order valence-electron chi connectivity index (χ0n) is 10.7. The lowest BCUT2D eigenvalue weighted by atomic mass is 9.99. The van der Waals surface area contributed by atoms with E-state index in [-0.39, 0.29) is 5.60 Å². The molecular formula is C12H24N2OS. The molecule has 1 fully saturated rings. The van der Waals surface area contributed by atoms with Crippen molar-refractivity contribution in [2.75, 3.05) is 20.2 Å². The van der Waals surface area contributed by atoms with Gasteiger partial charge in [0.1, 0.15) is 0 Å². The molecule has 1 unspecified atom stereocenters. The molecule has 94 valence electrons. The molecular weight excluding hydrogens is 220 g/mol. The molecule has 0 aromatic rings. The fraction of sp³-hybridized carbons (Fsp3) is 0.917. The third kappa shape index (κ3) is 4.00. The van der Waals surface area contributed by atoms with Crippen molar-refractivity contribution in [3.05, 3.63) is 0 Å². The van der Waals surface area contributed by atoms with Gasteiger partial charge in [-0.1, -0.05) is 18.6 Å². The van der Waals surface area contributed by atoms with Crippen LogP contribution in [0.3, 0.4) is 0 Å². The topological polar surface area (TPSA) is 38.5 Å². The van der Waals surface area contributed by atoms with E-state index in [1.165, 1.54) is 12.8 Å². The summed E-state index contributed by atoms with van der Waals surface area (Å²) in [6.07, 6.45) is 4.63. The Balaban J connectivity index is 2.47. The Morgan fingerprint density at radius 2 is 2.19 bits per heavy atom. The first-order valence-corrected chi connectivity index (χ1v) is 6.45. The van der Waals surface area contributed by atoms with Crippen molar-refractivity contribution in [3.8, 4) is 0 Å². The number of nitrogens with two attached hydrogens (primary N) is 1. The summed E-state index contributed by atoms with van der Waals surface area (Å²) in [6.45, 7) is 6.37. The summed E-state index contributed by atoms with van der Waals surface area (Å²) in [4.78, 5) is 3.06. The summed E-state index contributed by atoms with van der Waals surface area (Å²) in [5.41, 5.74) is 5.73. The van der Waals surface area contributed by atoms with Crippen molar-refractivity contribution in [3.63, 3.8) is 0 Å². The minimum absolute atomic E-state index is 0.0573. The zero-order chi connectivity index (χ0) is 12.2. The average Bonchev–Trinajstić information content (AvgIpc) is 2.27. The van der Waals surface area contributed by atoms with E-state index in [1.807, 2.05) is 0 Å². The van der Waals surface area contributed by atoms with Gasteiger partial charge < -0.3 is 10.5 Å². The Labute approximate surface area is 104 Å². The number of hydrogen-bond donors (Lipinski definition) is 1. The van der Waals surface area contributed by atoms with Gasteiger partial charge in [-0.2, -0.15) is 0 Å². The monoisotopic (exact) mass is 244 g/mol. The molecule has 0 spiro atoms. The van der Waals surface area contributed by atoms with Crippen molar-refractivity contribution in [1.29, 1.82) is 0 Å². The number of piperidine rings is 1. The van der Waals surface area contributed by atoms with Crippen LogP contribution in [0.1, 0.15) is 39.5 Å². The predicted molar refractivity (Wildman–Crippen MR) is 71.7 cm³/mol. The minimum atomic E-state index is -0.0573. The van der Waals surface area contributed by atoms with Gasteiger partial charge in [0.2, 0.25) is 0 Å². The lowest BCUT2D eigenvalue weighted by molar-refractivity contribution is 0.00415. The van der Waals surface area contributed by atoms with Gasteiger partial charge in [-0.25, -0.2) is 0 Å². The number of hydrogen-bond acceptors (Lipinski definition) is 3. The molecule has 0 aromatic heterocycles. The molecule has 4 heteroatoms. The van der Waals surface area contributed by atoms with Crippen molar-refractivity contribution in [2.45, 2.75) is 51.2 Å². The zero-order valence-corrected chi connectivity index (χ0v) is 11.5. The smallest absolute Gasteiger partial charge is 0.0902 e. The fourth-order valence-corrected chi connectivity index (χ4v) is 2.36. The van der Waals surface area contributed by atoms with Crippen LogP contribution in [-0.4, -0.2) is 41.7 Å². The SMILES string of the molecule is COC(C)(C)CCN1CCCCC1C(N)=S. The molecule has 0 bridgehead atoms. The molecule has 1 rings (SSSR count). The van der Waals surface area contributed by atoms with Crippen molar-refractivity contribution in [2.24, 2.45) is 5.73 Å². The first-order chi connectivity index (χ1) is 7.46. The maximum absolute atomic E-state index is 5.79. The Morgan fingerprint density at radius 3 is 2.75 bits per heavy atom. The number of methoxy groups -OCH3 is 1. The molecule has 16 heavy (non-hydrogen) atoms. The van der Waals surface area contributed by atoms with Gasteiger partial charge in [0, 0.05) is 13.7 Å². The summed E-state index contributed by atoms with van der Waals surface area (Å²) >= 11 is 5.13. The van der Waals surface area contributed by atoms with Crippen LogP contribution in [0.2, 0.25) is 0 Å². The highest BCUT2D eigenvalue weighted by Gasteiger charge is 2.26. The molecule has 1 aliphatic heterocycles. The molecule has 1 aliphatic rings. The third-order valence-corrected chi connectivity index (χ3v) is 3.77. The van der Waals surface area contributed by atoms with E-state index >= 15 is 0 Å². The van der Waals surface area contributed by atoms with Gasteiger partial charge in [0.05, 0.1) is 16.6 Å². The van der Waals surface area contributed by atoms with Crippen LogP contribution >= 0.6 is 12.2 Å². The van der Waals surface area contributed by atoms with Gasteiger partial charge in [-0.05, 0) is 39.7 Å². The lowest BCUT2D eigenvalue weighted by Gasteiger charge is -2.36. The summed E-state index contributed by atoms with van der Waals surface area (Å²) in [5, 5.41) is 0. The molecule has 0 saturated carbocycles. The predicted octanol–water partition coefficient (Wildman–Crippen LogP) is 1.94. The second-order valence-corrected chi connectivity index (χ2v) is 5.64. The second-order valence-electron chi connectivity index (χ2n) is 5.16. The molecule has 0 aromatic carbocycles. The maximum Gasteiger partial charge on any atom is 0.0902 e. The van der Waals surface area contributed by atoms with Crippen LogP contribution in [0.15, 0.2) is 0 Å². The van der Waals surface area contributed by atoms with E-state index in [4.69, 9.17) is 22.7 Å². The Bertz CT molecular complexity index is 243. The number of ether oxygens (including phenoxy) is 1. The Hall–Kier alpha value is -0.190. The molecule has 3 nitrogen and oxygen atoms in total. The highest BCUT2D eigenvalue weighted by Crippen LogP contribution is 2.20. The molecule has 0 amide bonds. The highest BCUT2D eigenvalue weighted by molar-refractivity contribution is 7.80. The summed E-state index contributed by atoms with van der Waals surface area (Å²) in [5.74, 6) is 0. The standard InChI is InChI=1S/C12H24N2OS/c1-12(2,15-3)7-9-14-8-5-4-6-10(14)11(13)16/h10H,4-9H2,1-3H3,(H2,13,16). The first-order valence-electron chi connectivity index (χ1n) is 6.05. The first kappa shape index (κ1) is 13.9. The van der Waals surface area contributed by atoms with Crippen LogP contribution in [0, 0.1) is 0 Å². The minimum Gasteiger partial charge on any atom is -0.392 e. The van der Waals surface area contributed by atoms with Gasteiger partial charge >= 0.3 is 0 Å². The molecule has 1 heterocycles. The normalized spacial score (nSPS) is 23.3. The third-order valence-electron chi connectivity index (χ3n) is 3.50. The van der Waals surface area contributed by atoms with Crippen molar-refractivity contribution >= 4 is 17.2 Å². The van der Waals surface area contributed by atoms with Gasteiger partial charge in [-0.3, -0.25) is 4.90 Å². The van der Waals surface area contributed by atoms with E-state index in [1.54, 1.807) is 7.11 Å². The average molecular weight is 244 g/mol. The largest absolute Gasteiger partial charge is 0.392 e. The lowest BCUT2D eigenvalue weighted by Crippen LogP contribution is -2.48. The number of rotatable bonds is 5. The van der Waals surface area contributed by atoms with E-state index < -0.39 is 0 Å². The van der Waals surface area contributed by atoms with Gasteiger partial charge in [-0.15, -0.1) is 0 Å². The summed E-state index contributed by atoms with van der Waals surface area (Å²) in [6, 6.07) is 0.302. The second kappa shape index (κ2) is 5.94. The number of nitrogens with zero attached hydrogens (tertiary/aromatic N) is 1. The van der Waals surface area contributed by atoms with Gasteiger partial charge in [0.25, 0.3) is 0 Å². The van der Waals surface area contributed by atoms with Crippen molar-refractivity contribution < 1.29 is 4.74 Å². The number of thiocarbonyl (C=S) groups is 1. The van der Waals surface area contributed by atoms with E-state index in [9.17, 15) is 0 Å². The molecule has 0 radical (unpaired) electrons. The molecule has 2 N–H and O–H groups in total. The van der Waals surface area contributed by atoms with Crippen LogP contribution in [0.5, 0.6) is 0 Å². The molecule has 1 atom stereocenters. The van der Waals surface area contributed by atoms with Crippen LogP contribution in [0.25, 0.3) is 0 Å². The van der Waals surface area contributed by atoms with E-state index in [0.29, 0.717) is 11.0 Å². The van der Waals surface area contributed by atoms with Crippen LogP contribution in [-0.2, 0) is 4.74 Å². The maximum atomic E-state index is 5.79. The molecule has 1 saturated heterocycles. The van der Waals surface area contributed by atoms with Crippen molar-refractivity contribution in [1.82, 2.24) is 4.90 Å².